The summed E-state index contributed by atoms with van der Waals surface area (Å²) in [5.41, 5.74) is 1.69. The summed E-state index contributed by atoms with van der Waals surface area (Å²) in [6, 6.07) is 8.39. The number of rotatable bonds is 4. The maximum atomic E-state index is 12.9. The van der Waals surface area contributed by atoms with E-state index in [1.807, 2.05) is 42.6 Å². The average Bonchev–Trinajstić information content (AvgIpc) is 3.22. The zero-order valence-corrected chi connectivity index (χ0v) is 18.7. The monoisotopic (exact) mass is 443 g/mol. The van der Waals surface area contributed by atoms with Gasteiger partial charge in [-0.05, 0) is 12.0 Å². The standard InChI is InChI=1S/C22H29N5O3S/c1-3-7-17-22(30)27(2)13-19(28)26-18(10-15-8-5-4-6-9-15)21(29)24-11-16-14-31-20(25-16)12-23-17/h4-6,8-9,14,17-18,23H,3,7,10-13H2,1-2H3,(H,24,29)(H,26,28)/t17-,18+/m0/s1. The molecule has 2 aromatic rings. The maximum Gasteiger partial charge on any atom is 0.243 e. The van der Waals surface area contributed by atoms with Crippen molar-refractivity contribution in [2.24, 2.45) is 0 Å². The second-order valence-corrected chi connectivity index (χ2v) is 8.62. The lowest BCUT2D eigenvalue weighted by molar-refractivity contribution is -0.137. The van der Waals surface area contributed by atoms with Gasteiger partial charge in [-0.25, -0.2) is 4.98 Å². The number of likely N-dealkylation sites (N-methyl/N-ethyl adjacent to an activating group) is 1. The summed E-state index contributed by atoms with van der Waals surface area (Å²) in [5.74, 6) is -0.794. The van der Waals surface area contributed by atoms with E-state index in [4.69, 9.17) is 0 Å². The van der Waals surface area contributed by atoms with Crippen LogP contribution in [-0.4, -0.2) is 53.3 Å². The lowest BCUT2D eigenvalue weighted by Crippen LogP contribution is -2.52. The summed E-state index contributed by atoms with van der Waals surface area (Å²) in [6.07, 6.45) is 1.86. The van der Waals surface area contributed by atoms with Crippen LogP contribution in [0, 0.1) is 0 Å². The highest BCUT2D eigenvalue weighted by Crippen LogP contribution is 2.12. The Bertz CT molecular complexity index is 902. The molecular formula is C22H29N5O3S. The van der Waals surface area contributed by atoms with Crippen molar-refractivity contribution in [1.82, 2.24) is 25.8 Å². The van der Waals surface area contributed by atoms with Gasteiger partial charge < -0.3 is 15.5 Å². The summed E-state index contributed by atoms with van der Waals surface area (Å²) in [7, 11) is 1.61. The fourth-order valence-corrected chi connectivity index (χ4v) is 4.23. The van der Waals surface area contributed by atoms with Gasteiger partial charge in [0.15, 0.2) is 0 Å². The molecular weight excluding hydrogens is 414 g/mol. The first kappa shape index (κ1) is 22.9. The molecule has 31 heavy (non-hydrogen) atoms. The van der Waals surface area contributed by atoms with Crippen LogP contribution in [0.15, 0.2) is 35.7 Å². The van der Waals surface area contributed by atoms with E-state index in [0.717, 1.165) is 22.7 Å². The molecule has 166 valence electrons. The summed E-state index contributed by atoms with van der Waals surface area (Å²) in [6.45, 7) is 2.66. The van der Waals surface area contributed by atoms with E-state index in [2.05, 4.69) is 20.9 Å². The number of hydrogen-bond acceptors (Lipinski definition) is 6. The maximum absolute atomic E-state index is 12.9. The third kappa shape index (κ3) is 6.60. The Labute approximate surface area is 186 Å². The Balaban J connectivity index is 1.81. The molecule has 0 aliphatic carbocycles. The summed E-state index contributed by atoms with van der Waals surface area (Å²) in [4.78, 5) is 44.4. The van der Waals surface area contributed by atoms with Crippen molar-refractivity contribution >= 4 is 29.1 Å². The Hall–Kier alpha value is -2.78. The molecule has 2 heterocycles. The molecule has 0 fully saturated rings. The van der Waals surface area contributed by atoms with Crippen molar-refractivity contribution in [3.63, 3.8) is 0 Å². The molecule has 2 bridgehead atoms. The van der Waals surface area contributed by atoms with E-state index < -0.39 is 6.04 Å². The van der Waals surface area contributed by atoms with Crippen LogP contribution in [0.25, 0.3) is 0 Å². The number of nitrogens with one attached hydrogen (secondary N) is 3. The largest absolute Gasteiger partial charge is 0.349 e. The first-order chi connectivity index (χ1) is 15.0. The van der Waals surface area contributed by atoms with Gasteiger partial charge in [-0.2, -0.15) is 0 Å². The minimum atomic E-state index is -0.744. The molecule has 3 amide bonds. The molecule has 1 aliphatic heterocycles. The van der Waals surface area contributed by atoms with E-state index in [1.54, 1.807) is 7.05 Å². The number of carbonyl (C=O) groups excluding carboxylic acids is 3. The van der Waals surface area contributed by atoms with E-state index in [9.17, 15) is 14.4 Å². The first-order valence-electron chi connectivity index (χ1n) is 10.5. The highest BCUT2D eigenvalue weighted by atomic mass is 32.1. The van der Waals surface area contributed by atoms with Gasteiger partial charge in [0.05, 0.1) is 24.8 Å². The second kappa shape index (κ2) is 11.0. The van der Waals surface area contributed by atoms with Crippen LogP contribution in [-0.2, 0) is 33.9 Å². The lowest BCUT2D eigenvalue weighted by Gasteiger charge is -2.25. The SMILES string of the molecule is CCC[C@@H]1NCc2nc(cs2)CNC(=O)[C@@H](Cc2ccccc2)NC(=O)CN(C)C1=O. The highest BCUT2D eigenvalue weighted by molar-refractivity contribution is 7.09. The Morgan fingerprint density at radius 1 is 1.13 bits per heavy atom. The van der Waals surface area contributed by atoms with Crippen LogP contribution < -0.4 is 16.0 Å². The lowest BCUT2D eigenvalue weighted by atomic mass is 10.1. The van der Waals surface area contributed by atoms with Crippen LogP contribution in [0.3, 0.4) is 0 Å². The van der Waals surface area contributed by atoms with E-state index in [0.29, 0.717) is 19.4 Å². The third-order valence-electron chi connectivity index (χ3n) is 5.11. The van der Waals surface area contributed by atoms with Gasteiger partial charge in [-0.15, -0.1) is 11.3 Å². The molecule has 0 saturated heterocycles. The molecule has 8 nitrogen and oxygen atoms in total. The molecule has 3 N–H and O–H groups in total. The number of thiazole rings is 1. The van der Waals surface area contributed by atoms with Gasteiger partial charge >= 0.3 is 0 Å². The second-order valence-electron chi connectivity index (χ2n) is 7.68. The molecule has 1 aromatic heterocycles. The number of nitrogens with zero attached hydrogens (tertiary/aromatic N) is 2. The number of benzene rings is 1. The van der Waals surface area contributed by atoms with Gasteiger partial charge in [0.1, 0.15) is 11.0 Å². The fourth-order valence-electron chi connectivity index (χ4n) is 3.48. The number of carbonyl (C=O) groups is 3. The molecule has 1 aliphatic rings. The average molecular weight is 444 g/mol. The Kier molecular flexibility index (Phi) is 8.13. The van der Waals surface area contributed by atoms with Gasteiger partial charge in [0, 0.05) is 25.4 Å². The smallest absolute Gasteiger partial charge is 0.243 e. The fraction of sp³-hybridized carbons (Fsp3) is 0.455. The van der Waals surface area contributed by atoms with Crippen LogP contribution in [0.5, 0.6) is 0 Å². The molecule has 0 spiro atoms. The normalized spacial score (nSPS) is 21.1. The van der Waals surface area contributed by atoms with Crippen LogP contribution in [0.1, 0.15) is 36.0 Å². The zero-order valence-electron chi connectivity index (χ0n) is 17.9. The Morgan fingerprint density at radius 3 is 2.65 bits per heavy atom. The third-order valence-corrected chi connectivity index (χ3v) is 6.01. The van der Waals surface area contributed by atoms with Crippen molar-refractivity contribution in [1.29, 1.82) is 0 Å². The Morgan fingerprint density at radius 2 is 1.90 bits per heavy atom. The zero-order chi connectivity index (χ0) is 22.2. The van der Waals surface area contributed by atoms with Gasteiger partial charge in [0.2, 0.25) is 17.7 Å². The van der Waals surface area contributed by atoms with Crippen LogP contribution in [0.4, 0.5) is 0 Å². The predicted molar refractivity (Wildman–Crippen MR) is 119 cm³/mol. The predicted octanol–water partition coefficient (Wildman–Crippen LogP) is 1.22. The summed E-state index contributed by atoms with van der Waals surface area (Å²) in [5, 5.41) is 11.7. The molecule has 1 aromatic carbocycles. The van der Waals surface area contributed by atoms with E-state index in [1.165, 1.54) is 16.2 Å². The molecule has 9 heteroatoms. The quantitative estimate of drug-likeness (QED) is 0.659. The van der Waals surface area contributed by atoms with Crippen LogP contribution in [0.2, 0.25) is 0 Å². The number of hydrogen-bond donors (Lipinski definition) is 3. The first-order valence-corrected chi connectivity index (χ1v) is 11.4. The van der Waals surface area contributed by atoms with Gasteiger partial charge in [-0.3, -0.25) is 19.7 Å². The van der Waals surface area contributed by atoms with E-state index >= 15 is 0 Å². The summed E-state index contributed by atoms with van der Waals surface area (Å²) >= 11 is 1.49. The molecule has 0 radical (unpaired) electrons. The topological polar surface area (TPSA) is 103 Å². The number of amides is 3. The number of aromatic nitrogens is 1. The van der Waals surface area contributed by atoms with Crippen LogP contribution >= 0.6 is 11.3 Å². The van der Waals surface area contributed by atoms with Crippen molar-refractivity contribution in [3.8, 4) is 0 Å². The van der Waals surface area contributed by atoms with E-state index in [-0.39, 0.29) is 36.9 Å². The van der Waals surface area contributed by atoms with Crippen molar-refractivity contribution in [2.45, 2.75) is 51.4 Å². The molecule has 3 rings (SSSR count). The van der Waals surface area contributed by atoms with Gasteiger partial charge in [0.25, 0.3) is 0 Å². The molecule has 2 atom stereocenters. The molecule has 0 unspecified atom stereocenters. The van der Waals surface area contributed by atoms with Crippen molar-refractivity contribution < 1.29 is 14.4 Å². The van der Waals surface area contributed by atoms with Crippen molar-refractivity contribution in [2.75, 3.05) is 13.6 Å². The molecule has 0 saturated carbocycles. The minimum absolute atomic E-state index is 0.111. The minimum Gasteiger partial charge on any atom is -0.349 e. The summed E-state index contributed by atoms with van der Waals surface area (Å²) < 4.78 is 0. The van der Waals surface area contributed by atoms with Crippen molar-refractivity contribution in [3.05, 3.63) is 52.0 Å². The number of fused-ring (bicyclic) bond motifs is 2. The van der Waals surface area contributed by atoms with Gasteiger partial charge in [-0.1, -0.05) is 43.7 Å². The highest BCUT2D eigenvalue weighted by Gasteiger charge is 2.26.